The van der Waals surface area contributed by atoms with E-state index in [0.29, 0.717) is 32.5 Å². The molecule has 0 saturated heterocycles. The third-order valence-electron chi connectivity index (χ3n) is 4.40. The van der Waals surface area contributed by atoms with Crippen LogP contribution in [0.15, 0.2) is 48.5 Å². The molecule has 0 aliphatic carbocycles. The van der Waals surface area contributed by atoms with E-state index >= 15 is 0 Å². The summed E-state index contributed by atoms with van der Waals surface area (Å²) >= 11 is 0. The molecule has 2 aromatic carbocycles. The lowest BCUT2D eigenvalue weighted by Crippen LogP contribution is -2.27. The Morgan fingerprint density at radius 1 is 1.15 bits per heavy atom. The molecule has 5 heteroatoms. The molecule has 3 aromatic rings. The van der Waals surface area contributed by atoms with Crippen molar-refractivity contribution >= 4 is 16.9 Å². The molecule has 1 heterocycles. The fourth-order valence-corrected chi connectivity index (χ4v) is 3.13. The fourth-order valence-electron chi connectivity index (χ4n) is 3.13. The summed E-state index contributed by atoms with van der Waals surface area (Å²) in [6.07, 6.45) is 1.13. The van der Waals surface area contributed by atoms with E-state index in [0.717, 1.165) is 28.2 Å². The van der Waals surface area contributed by atoms with Crippen LogP contribution in [0.2, 0.25) is 0 Å². The first-order valence-electron chi connectivity index (χ1n) is 9.08. The van der Waals surface area contributed by atoms with Crippen LogP contribution in [0.25, 0.3) is 11.0 Å². The lowest BCUT2D eigenvalue weighted by atomic mass is 10.1. The molecule has 3 rings (SSSR count). The van der Waals surface area contributed by atoms with E-state index in [2.05, 4.69) is 20.9 Å². The van der Waals surface area contributed by atoms with Crippen LogP contribution in [0.4, 0.5) is 0 Å². The number of rotatable bonds is 8. The normalized spacial score (nSPS) is 10.8. The number of aromatic nitrogens is 2. The maximum absolute atomic E-state index is 12.2. The van der Waals surface area contributed by atoms with Crippen molar-refractivity contribution in [2.45, 2.75) is 33.2 Å². The van der Waals surface area contributed by atoms with E-state index in [1.54, 1.807) is 0 Å². The van der Waals surface area contributed by atoms with Crippen LogP contribution in [0.5, 0.6) is 5.75 Å². The van der Waals surface area contributed by atoms with Gasteiger partial charge in [0.25, 0.3) is 0 Å². The largest absolute Gasteiger partial charge is 0.494 e. The number of nitrogens with one attached hydrogen (secondary N) is 1. The van der Waals surface area contributed by atoms with E-state index in [1.807, 2.05) is 56.3 Å². The molecule has 0 aliphatic rings. The molecule has 0 radical (unpaired) electrons. The highest BCUT2D eigenvalue weighted by Gasteiger charge is 2.08. The Bertz CT molecular complexity index is 886. The molecule has 0 aliphatic heterocycles. The lowest BCUT2D eigenvalue weighted by molar-refractivity contribution is -0.121. The average Bonchev–Trinajstić information content (AvgIpc) is 2.97. The second-order valence-corrected chi connectivity index (χ2v) is 6.19. The summed E-state index contributed by atoms with van der Waals surface area (Å²) < 4.78 is 7.75. The van der Waals surface area contributed by atoms with Gasteiger partial charge in [-0.15, -0.1) is 0 Å². The van der Waals surface area contributed by atoms with Crippen LogP contribution < -0.4 is 10.1 Å². The SMILES string of the molecule is CCOc1ccccc1CCC(=O)NCCn1c(C)nc2ccccc21. The zero-order valence-electron chi connectivity index (χ0n) is 15.4. The highest BCUT2D eigenvalue weighted by Crippen LogP contribution is 2.19. The Morgan fingerprint density at radius 2 is 1.92 bits per heavy atom. The molecule has 0 saturated carbocycles. The van der Waals surface area contributed by atoms with Crippen molar-refractivity contribution in [3.8, 4) is 5.75 Å². The lowest BCUT2D eigenvalue weighted by Gasteiger charge is -2.11. The third-order valence-corrected chi connectivity index (χ3v) is 4.40. The average molecular weight is 351 g/mol. The summed E-state index contributed by atoms with van der Waals surface area (Å²) in [5, 5.41) is 3.01. The third kappa shape index (κ3) is 4.23. The molecule has 1 aromatic heterocycles. The Labute approximate surface area is 154 Å². The number of fused-ring (bicyclic) bond motifs is 1. The summed E-state index contributed by atoms with van der Waals surface area (Å²) in [4.78, 5) is 16.7. The zero-order valence-corrected chi connectivity index (χ0v) is 15.4. The summed E-state index contributed by atoms with van der Waals surface area (Å²) in [7, 11) is 0. The number of carbonyl (C=O) groups is 1. The number of hydrogen-bond donors (Lipinski definition) is 1. The topological polar surface area (TPSA) is 56.1 Å². The standard InChI is InChI=1S/C21H25N3O2/c1-3-26-20-11-7-4-8-17(20)12-13-21(25)22-14-15-24-16(2)23-18-9-5-6-10-19(18)24/h4-11H,3,12-15H2,1-2H3,(H,22,25). The van der Waals surface area contributed by atoms with Crippen LogP contribution in [0.3, 0.4) is 0 Å². The van der Waals surface area contributed by atoms with Crippen LogP contribution in [0, 0.1) is 6.92 Å². The van der Waals surface area contributed by atoms with Crippen LogP contribution in [0.1, 0.15) is 24.7 Å². The van der Waals surface area contributed by atoms with Crippen molar-refractivity contribution in [3.63, 3.8) is 0 Å². The maximum Gasteiger partial charge on any atom is 0.220 e. The number of hydrogen-bond acceptors (Lipinski definition) is 3. The van der Waals surface area contributed by atoms with Gasteiger partial charge >= 0.3 is 0 Å². The van der Waals surface area contributed by atoms with Crippen LogP contribution in [-0.2, 0) is 17.8 Å². The minimum Gasteiger partial charge on any atom is -0.494 e. The maximum atomic E-state index is 12.2. The van der Waals surface area contributed by atoms with Crippen LogP contribution in [-0.4, -0.2) is 28.6 Å². The summed E-state index contributed by atoms with van der Waals surface area (Å²) in [6.45, 7) is 5.89. The van der Waals surface area contributed by atoms with Crippen molar-refractivity contribution in [2.75, 3.05) is 13.2 Å². The quantitative estimate of drug-likeness (QED) is 0.676. The van der Waals surface area contributed by atoms with Crippen molar-refractivity contribution in [1.29, 1.82) is 0 Å². The first kappa shape index (κ1) is 18.0. The Hall–Kier alpha value is -2.82. The van der Waals surface area contributed by atoms with Gasteiger partial charge in [-0.2, -0.15) is 0 Å². The zero-order chi connectivity index (χ0) is 18.4. The molecule has 5 nitrogen and oxygen atoms in total. The van der Waals surface area contributed by atoms with Gasteiger partial charge in [-0.05, 0) is 44.0 Å². The molecule has 1 N–H and O–H groups in total. The molecular formula is C21H25N3O2. The number of para-hydroxylation sites is 3. The first-order valence-corrected chi connectivity index (χ1v) is 9.08. The van der Waals surface area contributed by atoms with E-state index in [1.165, 1.54) is 0 Å². The van der Waals surface area contributed by atoms with Crippen molar-refractivity contribution < 1.29 is 9.53 Å². The van der Waals surface area contributed by atoms with Gasteiger partial charge in [0.2, 0.25) is 5.91 Å². The molecule has 26 heavy (non-hydrogen) atoms. The van der Waals surface area contributed by atoms with Gasteiger partial charge in [0.1, 0.15) is 11.6 Å². The predicted octanol–water partition coefficient (Wildman–Crippen LogP) is 3.49. The van der Waals surface area contributed by atoms with Gasteiger partial charge in [0, 0.05) is 19.5 Å². The Balaban J connectivity index is 1.51. The Kier molecular flexibility index (Phi) is 5.89. The van der Waals surface area contributed by atoms with Crippen molar-refractivity contribution in [1.82, 2.24) is 14.9 Å². The molecule has 1 amide bonds. The molecular weight excluding hydrogens is 326 g/mol. The van der Waals surface area contributed by atoms with Gasteiger partial charge in [0.15, 0.2) is 0 Å². The first-order chi connectivity index (χ1) is 12.7. The van der Waals surface area contributed by atoms with E-state index in [-0.39, 0.29) is 5.91 Å². The number of ether oxygens (including phenoxy) is 1. The number of amides is 1. The second kappa shape index (κ2) is 8.52. The summed E-state index contributed by atoms with van der Waals surface area (Å²) in [5.74, 6) is 1.88. The highest BCUT2D eigenvalue weighted by molar-refractivity contribution is 5.77. The molecule has 0 unspecified atom stereocenters. The molecule has 0 bridgehead atoms. The van der Waals surface area contributed by atoms with E-state index < -0.39 is 0 Å². The molecule has 0 atom stereocenters. The van der Waals surface area contributed by atoms with Gasteiger partial charge in [-0.25, -0.2) is 4.98 Å². The molecule has 0 spiro atoms. The van der Waals surface area contributed by atoms with Gasteiger partial charge in [0.05, 0.1) is 17.6 Å². The van der Waals surface area contributed by atoms with Crippen molar-refractivity contribution in [3.05, 3.63) is 59.9 Å². The molecule has 136 valence electrons. The summed E-state index contributed by atoms with van der Waals surface area (Å²) in [6, 6.07) is 15.9. The number of aryl methyl sites for hydroxylation is 2. The van der Waals surface area contributed by atoms with E-state index in [9.17, 15) is 4.79 Å². The predicted molar refractivity (Wildman–Crippen MR) is 103 cm³/mol. The van der Waals surface area contributed by atoms with Crippen LogP contribution >= 0.6 is 0 Å². The fraction of sp³-hybridized carbons (Fsp3) is 0.333. The van der Waals surface area contributed by atoms with Gasteiger partial charge in [-0.3, -0.25) is 4.79 Å². The smallest absolute Gasteiger partial charge is 0.220 e. The van der Waals surface area contributed by atoms with E-state index in [4.69, 9.17) is 4.74 Å². The monoisotopic (exact) mass is 351 g/mol. The molecule has 0 fully saturated rings. The number of carbonyl (C=O) groups excluding carboxylic acids is 1. The number of benzene rings is 2. The number of imidazole rings is 1. The number of nitrogens with zero attached hydrogens (tertiary/aromatic N) is 2. The van der Waals surface area contributed by atoms with Gasteiger partial charge < -0.3 is 14.6 Å². The minimum absolute atomic E-state index is 0.0541. The van der Waals surface area contributed by atoms with Crippen molar-refractivity contribution in [2.24, 2.45) is 0 Å². The Morgan fingerprint density at radius 3 is 2.77 bits per heavy atom. The van der Waals surface area contributed by atoms with Gasteiger partial charge in [-0.1, -0.05) is 30.3 Å². The second-order valence-electron chi connectivity index (χ2n) is 6.19. The summed E-state index contributed by atoms with van der Waals surface area (Å²) in [5.41, 5.74) is 3.16. The minimum atomic E-state index is 0.0541. The highest BCUT2D eigenvalue weighted by atomic mass is 16.5.